The van der Waals surface area contributed by atoms with Gasteiger partial charge in [0.15, 0.2) is 12.6 Å². The smallest absolute Gasteiger partial charge is 0.189 e. The second kappa shape index (κ2) is 12.2. The van der Waals surface area contributed by atoms with E-state index in [2.05, 4.69) is 6.92 Å². The van der Waals surface area contributed by atoms with Crippen LogP contribution in [-0.2, 0) is 9.47 Å². The summed E-state index contributed by atoms with van der Waals surface area (Å²) in [7, 11) is 0. The van der Waals surface area contributed by atoms with E-state index >= 15 is 0 Å². The van der Waals surface area contributed by atoms with E-state index in [0.29, 0.717) is 6.61 Å². The van der Waals surface area contributed by atoms with Gasteiger partial charge in [-0.1, -0.05) is 64.7 Å². The van der Waals surface area contributed by atoms with E-state index in [-0.39, 0.29) is 0 Å². The first-order valence-corrected chi connectivity index (χ1v) is 9.07. The van der Waals surface area contributed by atoms with Crippen LogP contribution in [-0.4, -0.2) is 57.9 Å². The summed E-state index contributed by atoms with van der Waals surface area (Å²) in [6.07, 6.45) is 5.24. The van der Waals surface area contributed by atoms with E-state index in [4.69, 9.17) is 9.47 Å². The largest absolute Gasteiger partial charge is 0.387 e. The van der Waals surface area contributed by atoms with Gasteiger partial charge in [-0.25, -0.2) is 0 Å². The van der Waals surface area contributed by atoms with Crippen LogP contribution in [0.2, 0.25) is 0 Å². The third-order valence-corrected chi connectivity index (χ3v) is 4.32. The summed E-state index contributed by atoms with van der Waals surface area (Å²) in [6.45, 7) is 2.62. The molecule has 1 saturated heterocycles. The van der Waals surface area contributed by atoms with E-state index in [1.807, 2.05) is 0 Å². The Labute approximate surface area is 139 Å². The van der Waals surface area contributed by atoms with Crippen molar-refractivity contribution in [1.29, 1.82) is 0 Å². The van der Waals surface area contributed by atoms with Gasteiger partial charge in [0.1, 0.15) is 18.3 Å². The lowest BCUT2D eigenvalue weighted by atomic mass is 10.0. The van der Waals surface area contributed by atoms with Gasteiger partial charge in [-0.3, -0.25) is 0 Å². The molecule has 1 aliphatic rings. The zero-order valence-corrected chi connectivity index (χ0v) is 14.3. The summed E-state index contributed by atoms with van der Waals surface area (Å²) < 4.78 is 10.3. The van der Waals surface area contributed by atoms with Crippen molar-refractivity contribution in [2.45, 2.75) is 102 Å². The quantitative estimate of drug-likeness (QED) is 0.405. The van der Waals surface area contributed by atoms with Gasteiger partial charge in [0.05, 0.1) is 0 Å². The molecule has 138 valence electrons. The standard InChI is InChI=1S/C17H34O6/c1-2-3-4-5-6-7-8-9-10-11-12-22-17-15(20)13(18)14(19)16(21)23-17/h13-21H,2-12H2,1H3/t13?,14-,15?,16?,17+/m1/s1. The van der Waals surface area contributed by atoms with Crippen LogP contribution in [0.5, 0.6) is 0 Å². The highest BCUT2D eigenvalue weighted by Crippen LogP contribution is 2.21. The van der Waals surface area contributed by atoms with Gasteiger partial charge in [0.2, 0.25) is 0 Å². The van der Waals surface area contributed by atoms with Gasteiger partial charge < -0.3 is 29.9 Å². The molecular formula is C17H34O6. The van der Waals surface area contributed by atoms with Crippen molar-refractivity contribution in [2.24, 2.45) is 0 Å². The Morgan fingerprint density at radius 3 is 1.78 bits per heavy atom. The molecule has 4 N–H and O–H groups in total. The lowest BCUT2D eigenvalue weighted by Crippen LogP contribution is -2.58. The molecule has 0 aromatic carbocycles. The Morgan fingerprint density at radius 2 is 1.22 bits per heavy atom. The van der Waals surface area contributed by atoms with E-state index in [1.54, 1.807) is 0 Å². The number of hydrogen-bond acceptors (Lipinski definition) is 6. The third kappa shape index (κ3) is 7.92. The average Bonchev–Trinajstić information content (AvgIpc) is 2.55. The van der Waals surface area contributed by atoms with Crippen molar-refractivity contribution in [1.82, 2.24) is 0 Å². The maximum absolute atomic E-state index is 9.72. The Kier molecular flexibility index (Phi) is 11.0. The van der Waals surface area contributed by atoms with Crippen LogP contribution in [0.25, 0.3) is 0 Å². The van der Waals surface area contributed by atoms with Crippen LogP contribution in [0.1, 0.15) is 71.1 Å². The van der Waals surface area contributed by atoms with Crippen molar-refractivity contribution < 1.29 is 29.9 Å². The molecule has 23 heavy (non-hydrogen) atoms. The van der Waals surface area contributed by atoms with Crippen LogP contribution in [0.4, 0.5) is 0 Å². The minimum atomic E-state index is -1.54. The van der Waals surface area contributed by atoms with Crippen molar-refractivity contribution >= 4 is 0 Å². The highest BCUT2D eigenvalue weighted by atomic mass is 16.7. The van der Waals surface area contributed by atoms with E-state index in [9.17, 15) is 20.4 Å². The fourth-order valence-corrected chi connectivity index (χ4v) is 2.76. The number of hydrogen-bond donors (Lipinski definition) is 4. The lowest BCUT2D eigenvalue weighted by Gasteiger charge is -2.37. The fraction of sp³-hybridized carbons (Fsp3) is 1.00. The number of aliphatic hydroxyl groups is 4. The highest BCUT2D eigenvalue weighted by Gasteiger charge is 2.43. The molecule has 6 nitrogen and oxygen atoms in total. The summed E-state index contributed by atoms with van der Waals surface area (Å²) in [5, 5.41) is 38.0. The molecule has 1 aliphatic heterocycles. The normalized spacial score (nSPS) is 31.4. The van der Waals surface area contributed by atoms with Gasteiger partial charge in [0.25, 0.3) is 0 Å². The molecule has 0 aromatic rings. The van der Waals surface area contributed by atoms with Crippen molar-refractivity contribution in [3.8, 4) is 0 Å². The fourth-order valence-electron chi connectivity index (χ4n) is 2.76. The molecule has 0 saturated carbocycles. The molecular weight excluding hydrogens is 300 g/mol. The SMILES string of the molecule is CCCCCCCCCCCCO[C@H]1OC(O)[C@H](O)C(O)C1O. The van der Waals surface area contributed by atoms with Crippen LogP contribution < -0.4 is 0 Å². The molecule has 0 aliphatic carbocycles. The molecule has 0 radical (unpaired) electrons. The monoisotopic (exact) mass is 334 g/mol. The predicted octanol–water partition coefficient (Wildman–Crippen LogP) is 1.68. The van der Waals surface area contributed by atoms with E-state index in [0.717, 1.165) is 19.3 Å². The van der Waals surface area contributed by atoms with E-state index < -0.39 is 30.9 Å². The Hall–Kier alpha value is -0.240. The minimum Gasteiger partial charge on any atom is -0.387 e. The third-order valence-electron chi connectivity index (χ3n) is 4.32. The molecule has 0 amide bonds. The van der Waals surface area contributed by atoms with Crippen LogP contribution in [0.15, 0.2) is 0 Å². The summed E-state index contributed by atoms with van der Waals surface area (Å²) in [6, 6.07) is 0. The first-order chi connectivity index (χ1) is 11.1. The molecule has 0 aromatic heterocycles. The van der Waals surface area contributed by atoms with Crippen LogP contribution >= 0.6 is 0 Å². The van der Waals surface area contributed by atoms with Crippen molar-refractivity contribution in [3.05, 3.63) is 0 Å². The maximum Gasteiger partial charge on any atom is 0.189 e. The number of rotatable bonds is 12. The van der Waals surface area contributed by atoms with E-state index in [1.165, 1.54) is 44.9 Å². The number of ether oxygens (including phenoxy) is 2. The van der Waals surface area contributed by atoms with Gasteiger partial charge in [-0.05, 0) is 6.42 Å². The molecule has 5 atom stereocenters. The Balaban J connectivity index is 1.96. The lowest BCUT2D eigenvalue weighted by molar-refractivity contribution is -0.340. The number of aliphatic hydroxyl groups excluding tert-OH is 4. The molecule has 0 spiro atoms. The zero-order chi connectivity index (χ0) is 17.1. The minimum absolute atomic E-state index is 0.397. The van der Waals surface area contributed by atoms with Gasteiger partial charge in [0, 0.05) is 6.61 Å². The predicted molar refractivity (Wildman–Crippen MR) is 86.7 cm³/mol. The highest BCUT2D eigenvalue weighted by molar-refractivity contribution is 4.84. The molecule has 3 unspecified atom stereocenters. The average molecular weight is 334 g/mol. The molecule has 1 rings (SSSR count). The van der Waals surface area contributed by atoms with Gasteiger partial charge in [-0.2, -0.15) is 0 Å². The van der Waals surface area contributed by atoms with Gasteiger partial charge >= 0.3 is 0 Å². The molecule has 6 heteroatoms. The first kappa shape index (κ1) is 20.8. The first-order valence-electron chi connectivity index (χ1n) is 9.07. The Bertz CT molecular complexity index is 288. The van der Waals surface area contributed by atoms with Crippen LogP contribution in [0.3, 0.4) is 0 Å². The molecule has 1 fully saturated rings. The van der Waals surface area contributed by atoms with Crippen molar-refractivity contribution in [3.63, 3.8) is 0 Å². The molecule has 0 bridgehead atoms. The molecule has 1 heterocycles. The Morgan fingerprint density at radius 1 is 0.696 bits per heavy atom. The summed E-state index contributed by atoms with van der Waals surface area (Å²) in [4.78, 5) is 0. The second-order valence-electron chi connectivity index (χ2n) is 6.42. The van der Waals surface area contributed by atoms with Crippen LogP contribution in [0, 0.1) is 0 Å². The second-order valence-corrected chi connectivity index (χ2v) is 6.42. The summed E-state index contributed by atoms with van der Waals surface area (Å²) in [5.41, 5.74) is 0. The summed E-state index contributed by atoms with van der Waals surface area (Å²) >= 11 is 0. The topological polar surface area (TPSA) is 99.4 Å². The van der Waals surface area contributed by atoms with Crippen molar-refractivity contribution in [2.75, 3.05) is 6.61 Å². The van der Waals surface area contributed by atoms with Gasteiger partial charge in [-0.15, -0.1) is 0 Å². The maximum atomic E-state index is 9.72. The summed E-state index contributed by atoms with van der Waals surface area (Å²) in [5.74, 6) is 0. The number of unbranched alkanes of at least 4 members (excludes halogenated alkanes) is 9. The zero-order valence-electron chi connectivity index (χ0n) is 14.3.